The molecule has 2 aromatic rings. The molecule has 0 bridgehead atoms. The second-order valence-corrected chi connectivity index (χ2v) is 6.34. The van der Waals surface area contributed by atoms with E-state index in [1.54, 1.807) is 0 Å². The molecule has 0 atom stereocenters. The number of ether oxygens (including phenoxy) is 3. The maximum atomic E-state index is 11.9. The van der Waals surface area contributed by atoms with Crippen LogP contribution in [0.25, 0.3) is 11.1 Å². The van der Waals surface area contributed by atoms with Gasteiger partial charge in [-0.3, -0.25) is 4.79 Å². The van der Waals surface area contributed by atoms with Crippen molar-refractivity contribution < 1.29 is 19.0 Å². The molecular formula is C21H24N2O4. The predicted octanol–water partition coefficient (Wildman–Crippen LogP) is 4.06. The van der Waals surface area contributed by atoms with Crippen LogP contribution in [0.15, 0.2) is 43.0 Å². The number of amides is 1. The van der Waals surface area contributed by atoms with Gasteiger partial charge in [0, 0.05) is 25.3 Å². The Kier molecular flexibility index (Phi) is 5.54. The lowest BCUT2D eigenvalue weighted by Gasteiger charge is -2.23. The number of benzene rings is 2. The standard InChI is InChI=1S/C21H24N2O4/c1-5-11-25-21-15(22-19(24)6-2)8-9-16(23(3)4)20(21)14-7-10-17-18(12-14)27-13-26-17/h6-10,12H,2,5,11,13H2,1,3-4H3,(H,22,24). The van der Waals surface area contributed by atoms with E-state index in [-0.39, 0.29) is 12.7 Å². The highest BCUT2D eigenvalue weighted by atomic mass is 16.7. The van der Waals surface area contributed by atoms with Gasteiger partial charge in [0.2, 0.25) is 12.7 Å². The van der Waals surface area contributed by atoms with E-state index in [0.717, 1.165) is 29.0 Å². The molecule has 1 aliphatic heterocycles. The number of nitrogens with zero attached hydrogens (tertiary/aromatic N) is 1. The number of nitrogens with one attached hydrogen (secondary N) is 1. The fourth-order valence-corrected chi connectivity index (χ4v) is 2.91. The molecule has 0 aromatic heterocycles. The van der Waals surface area contributed by atoms with Gasteiger partial charge in [0.25, 0.3) is 0 Å². The molecule has 1 N–H and O–H groups in total. The van der Waals surface area contributed by atoms with Gasteiger partial charge in [-0.15, -0.1) is 0 Å². The van der Waals surface area contributed by atoms with Crippen molar-refractivity contribution in [1.82, 2.24) is 0 Å². The Morgan fingerprint density at radius 2 is 2.04 bits per heavy atom. The highest BCUT2D eigenvalue weighted by molar-refractivity contribution is 6.02. The molecule has 6 nitrogen and oxygen atoms in total. The average molecular weight is 368 g/mol. The van der Waals surface area contributed by atoms with Gasteiger partial charge >= 0.3 is 0 Å². The van der Waals surface area contributed by atoms with E-state index >= 15 is 0 Å². The Labute approximate surface area is 159 Å². The molecule has 1 aliphatic rings. The van der Waals surface area contributed by atoms with Crippen LogP contribution in [-0.2, 0) is 4.79 Å². The van der Waals surface area contributed by atoms with Crippen molar-refractivity contribution in [3.63, 3.8) is 0 Å². The Hall–Kier alpha value is -3.15. The van der Waals surface area contributed by atoms with E-state index in [9.17, 15) is 4.79 Å². The molecule has 3 rings (SSSR count). The Bertz CT molecular complexity index is 862. The number of fused-ring (bicyclic) bond motifs is 1. The zero-order chi connectivity index (χ0) is 19.4. The van der Waals surface area contributed by atoms with Gasteiger partial charge in [0.15, 0.2) is 17.2 Å². The molecule has 0 unspecified atom stereocenters. The minimum Gasteiger partial charge on any atom is -0.491 e. The summed E-state index contributed by atoms with van der Waals surface area (Å²) >= 11 is 0. The highest BCUT2D eigenvalue weighted by Gasteiger charge is 2.22. The molecule has 6 heteroatoms. The third kappa shape index (κ3) is 3.84. The summed E-state index contributed by atoms with van der Waals surface area (Å²) in [6.07, 6.45) is 2.09. The van der Waals surface area contributed by atoms with E-state index in [1.165, 1.54) is 6.08 Å². The summed E-state index contributed by atoms with van der Waals surface area (Å²) in [5.74, 6) is 1.75. The maximum absolute atomic E-state index is 11.9. The second-order valence-electron chi connectivity index (χ2n) is 6.34. The van der Waals surface area contributed by atoms with E-state index in [2.05, 4.69) is 11.9 Å². The topological polar surface area (TPSA) is 60.0 Å². The van der Waals surface area contributed by atoms with Gasteiger partial charge in [-0.25, -0.2) is 0 Å². The third-order valence-electron chi connectivity index (χ3n) is 4.17. The number of anilines is 2. The highest BCUT2D eigenvalue weighted by Crippen LogP contribution is 2.46. The largest absolute Gasteiger partial charge is 0.491 e. The van der Waals surface area contributed by atoms with E-state index in [4.69, 9.17) is 14.2 Å². The third-order valence-corrected chi connectivity index (χ3v) is 4.17. The van der Waals surface area contributed by atoms with Gasteiger partial charge < -0.3 is 24.4 Å². The smallest absolute Gasteiger partial charge is 0.247 e. The summed E-state index contributed by atoms with van der Waals surface area (Å²) in [4.78, 5) is 13.9. The Morgan fingerprint density at radius 3 is 2.74 bits per heavy atom. The first kappa shape index (κ1) is 18.6. The normalized spacial score (nSPS) is 11.8. The van der Waals surface area contributed by atoms with Gasteiger partial charge in [0.05, 0.1) is 12.3 Å². The summed E-state index contributed by atoms with van der Waals surface area (Å²) in [6, 6.07) is 9.58. The number of rotatable bonds is 7. The number of carbonyl (C=O) groups excluding carboxylic acids is 1. The summed E-state index contributed by atoms with van der Waals surface area (Å²) in [6.45, 7) is 6.31. The molecule has 0 radical (unpaired) electrons. The summed E-state index contributed by atoms with van der Waals surface area (Å²) in [7, 11) is 3.94. The zero-order valence-corrected chi connectivity index (χ0v) is 15.9. The van der Waals surface area contributed by atoms with Gasteiger partial charge in [-0.2, -0.15) is 0 Å². The molecule has 0 aliphatic carbocycles. The van der Waals surface area contributed by atoms with Crippen LogP contribution in [0.4, 0.5) is 11.4 Å². The van der Waals surface area contributed by atoms with Crippen LogP contribution in [0.5, 0.6) is 17.2 Å². The lowest BCUT2D eigenvalue weighted by molar-refractivity contribution is -0.111. The first-order valence-corrected chi connectivity index (χ1v) is 8.85. The fraction of sp³-hybridized carbons (Fsp3) is 0.286. The van der Waals surface area contributed by atoms with Crippen LogP contribution in [0.2, 0.25) is 0 Å². The molecular weight excluding hydrogens is 344 g/mol. The van der Waals surface area contributed by atoms with Crippen molar-refractivity contribution in [3.8, 4) is 28.4 Å². The molecule has 0 spiro atoms. The van der Waals surface area contributed by atoms with Gasteiger partial charge in [-0.05, 0) is 42.3 Å². The Morgan fingerprint density at radius 1 is 1.26 bits per heavy atom. The van der Waals surface area contributed by atoms with Crippen molar-refractivity contribution >= 4 is 17.3 Å². The quantitative estimate of drug-likeness (QED) is 0.747. The van der Waals surface area contributed by atoms with Crippen LogP contribution in [0, 0.1) is 0 Å². The molecule has 1 heterocycles. The van der Waals surface area contributed by atoms with E-state index < -0.39 is 0 Å². The molecule has 27 heavy (non-hydrogen) atoms. The van der Waals surface area contributed by atoms with Crippen molar-refractivity contribution in [2.24, 2.45) is 0 Å². The SMILES string of the molecule is C=CC(=O)Nc1ccc(N(C)C)c(-c2ccc3c(c2)OCO3)c1OCCC. The molecule has 0 saturated heterocycles. The zero-order valence-electron chi connectivity index (χ0n) is 15.9. The molecule has 0 saturated carbocycles. The number of hydrogen-bond acceptors (Lipinski definition) is 5. The molecule has 1 amide bonds. The summed E-state index contributed by atoms with van der Waals surface area (Å²) in [5.41, 5.74) is 3.38. The lowest BCUT2D eigenvalue weighted by Crippen LogP contribution is -2.14. The first-order chi connectivity index (χ1) is 13.0. The van der Waals surface area contributed by atoms with Crippen molar-refractivity contribution in [2.45, 2.75) is 13.3 Å². The molecule has 0 fully saturated rings. The minimum absolute atomic E-state index is 0.216. The van der Waals surface area contributed by atoms with Crippen LogP contribution >= 0.6 is 0 Å². The van der Waals surface area contributed by atoms with E-state index in [0.29, 0.717) is 23.8 Å². The van der Waals surface area contributed by atoms with Crippen LogP contribution in [0.1, 0.15) is 13.3 Å². The lowest BCUT2D eigenvalue weighted by atomic mass is 10.00. The Balaban J connectivity index is 2.19. The van der Waals surface area contributed by atoms with Crippen molar-refractivity contribution in [1.29, 1.82) is 0 Å². The van der Waals surface area contributed by atoms with Crippen molar-refractivity contribution in [3.05, 3.63) is 43.0 Å². The van der Waals surface area contributed by atoms with Crippen molar-refractivity contribution in [2.75, 3.05) is 37.7 Å². The second kappa shape index (κ2) is 8.03. The van der Waals surface area contributed by atoms with Crippen LogP contribution in [0.3, 0.4) is 0 Å². The maximum Gasteiger partial charge on any atom is 0.247 e. The summed E-state index contributed by atoms with van der Waals surface area (Å²) in [5, 5.41) is 2.84. The predicted molar refractivity (Wildman–Crippen MR) is 107 cm³/mol. The van der Waals surface area contributed by atoms with Crippen LogP contribution < -0.4 is 24.4 Å². The molecule has 2 aromatic carbocycles. The average Bonchev–Trinajstić information content (AvgIpc) is 3.13. The first-order valence-electron chi connectivity index (χ1n) is 8.85. The monoisotopic (exact) mass is 368 g/mol. The van der Waals surface area contributed by atoms with Gasteiger partial charge in [0.1, 0.15) is 0 Å². The number of hydrogen-bond donors (Lipinski definition) is 1. The van der Waals surface area contributed by atoms with Gasteiger partial charge in [-0.1, -0.05) is 19.6 Å². The summed E-state index contributed by atoms with van der Waals surface area (Å²) < 4.78 is 17.0. The van der Waals surface area contributed by atoms with Crippen LogP contribution in [-0.4, -0.2) is 33.4 Å². The fourth-order valence-electron chi connectivity index (χ4n) is 2.91. The minimum atomic E-state index is -0.286. The molecule has 142 valence electrons. The number of carbonyl (C=O) groups is 1. The van der Waals surface area contributed by atoms with E-state index in [1.807, 2.05) is 56.3 Å².